The van der Waals surface area contributed by atoms with E-state index in [1.165, 1.54) is 27.6 Å². The van der Waals surface area contributed by atoms with Gasteiger partial charge in [-0.1, -0.05) is 35.9 Å². The smallest absolute Gasteiger partial charge is 0.228 e. The van der Waals surface area contributed by atoms with Crippen LogP contribution in [-0.4, -0.2) is 46.2 Å². The molecule has 2 aromatic carbocycles. The fourth-order valence-electron chi connectivity index (χ4n) is 4.85. The molecule has 0 bridgehead atoms. The maximum Gasteiger partial charge on any atom is 0.228 e. The van der Waals surface area contributed by atoms with Crippen molar-refractivity contribution in [3.05, 3.63) is 70.9 Å². The predicted molar refractivity (Wildman–Crippen MR) is 117 cm³/mol. The first kappa shape index (κ1) is 18.9. The number of nitrogens with zero attached hydrogens (tertiary/aromatic N) is 2. The SMILES string of the molecule is Cc1ccc2[nH]cc(CCN3C[C@H](C(=O)N4CCc5ccccc5C4)CC3=O)c2c1. The van der Waals surface area contributed by atoms with Crippen molar-refractivity contribution < 1.29 is 9.59 Å². The lowest BCUT2D eigenvalue weighted by atomic mass is 9.98. The van der Waals surface area contributed by atoms with Gasteiger partial charge in [0.25, 0.3) is 0 Å². The maximum absolute atomic E-state index is 13.1. The van der Waals surface area contributed by atoms with Crippen molar-refractivity contribution in [2.75, 3.05) is 19.6 Å². The van der Waals surface area contributed by atoms with Gasteiger partial charge in [-0.3, -0.25) is 9.59 Å². The molecule has 0 aliphatic carbocycles. The van der Waals surface area contributed by atoms with Gasteiger partial charge < -0.3 is 14.8 Å². The Labute approximate surface area is 176 Å². The summed E-state index contributed by atoms with van der Waals surface area (Å²) in [4.78, 5) is 32.8. The highest BCUT2D eigenvalue weighted by atomic mass is 16.2. The number of hydrogen-bond donors (Lipinski definition) is 1. The summed E-state index contributed by atoms with van der Waals surface area (Å²) < 4.78 is 0. The van der Waals surface area contributed by atoms with Gasteiger partial charge in [0.1, 0.15) is 0 Å². The molecule has 1 aromatic heterocycles. The number of amides is 2. The molecular weight excluding hydrogens is 374 g/mol. The number of carbonyl (C=O) groups excluding carboxylic acids is 2. The monoisotopic (exact) mass is 401 g/mol. The van der Waals surface area contributed by atoms with E-state index in [2.05, 4.69) is 48.3 Å². The molecule has 1 saturated heterocycles. The van der Waals surface area contributed by atoms with Gasteiger partial charge in [-0.25, -0.2) is 0 Å². The number of benzene rings is 2. The summed E-state index contributed by atoms with van der Waals surface area (Å²) in [7, 11) is 0. The van der Waals surface area contributed by atoms with E-state index in [9.17, 15) is 9.59 Å². The standard InChI is InChI=1S/C25H27N3O2/c1-17-6-7-23-22(12-17)19(14-26-23)9-10-27-16-21(13-24(27)29)25(30)28-11-8-18-4-2-3-5-20(18)15-28/h2-7,12,14,21,26H,8-11,13,15-16H2,1H3/t21-/m1/s1. The molecule has 3 heterocycles. The number of nitrogens with one attached hydrogen (secondary N) is 1. The van der Waals surface area contributed by atoms with Crippen molar-refractivity contribution in [2.24, 2.45) is 5.92 Å². The minimum atomic E-state index is -0.215. The second-order valence-electron chi connectivity index (χ2n) is 8.63. The van der Waals surface area contributed by atoms with Gasteiger partial charge >= 0.3 is 0 Å². The Morgan fingerprint density at radius 3 is 2.87 bits per heavy atom. The Kier molecular flexibility index (Phi) is 4.81. The molecule has 0 saturated carbocycles. The first-order valence-electron chi connectivity index (χ1n) is 10.8. The summed E-state index contributed by atoms with van der Waals surface area (Å²) in [5, 5.41) is 1.22. The summed E-state index contributed by atoms with van der Waals surface area (Å²) >= 11 is 0. The van der Waals surface area contributed by atoms with E-state index in [-0.39, 0.29) is 17.7 Å². The van der Waals surface area contributed by atoms with Gasteiger partial charge in [0.2, 0.25) is 11.8 Å². The number of likely N-dealkylation sites (tertiary alicyclic amines) is 1. The highest BCUT2D eigenvalue weighted by Gasteiger charge is 2.37. The Morgan fingerprint density at radius 1 is 1.17 bits per heavy atom. The zero-order valence-electron chi connectivity index (χ0n) is 17.4. The number of fused-ring (bicyclic) bond motifs is 2. The Balaban J connectivity index is 1.22. The number of rotatable bonds is 4. The topological polar surface area (TPSA) is 56.4 Å². The van der Waals surface area contributed by atoms with E-state index in [1.54, 1.807) is 0 Å². The number of carbonyl (C=O) groups is 2. The van der Waals surface area contributed by atoms with Gasteiger partial charge in [-0.2, -0.15) is 0 Å². The van der Waals surface area contributed by atoms with Crippen LogP contribution in [0.1, 0.15) is 28.7 Å². The lowest BCUT2D eigenvalue weighted by Crippen LogP contribution is -2.40. The molecule has 1 fully saturated rings. The number of aromatic nitrogens is 1. The van der Waals surface area contributed by atoms with E-state index in [4.69, 9.17) is 0 Å². The first-order chi connectivity index (χ1) is 14.6. The van der Waals surface area contributed by atoms with Crippen LogP contribution in [0.3, 0.4) is 0 Å². The average Bonchev–Trinajstić information content (AvgIpc) is 3.34. The first-order valence-corrected chi connectivity index (χ1v) is 10.8. The number of aromatic amines is 1. The van der Waals surface area contributed by atoms with Gasteiger partial charge in [-0.05, 0) is 48.6 Å². The lowest BCUT2D eigenvalue weighted by Gasteiger charge is -2.30. The largest absolute Gasteiger partial charge is 0.361 e. The van der Waals surface area contributed by atoms with Crippen molar-refractivity contribution in [2.45, 2.75) is 32.7 Å². The van der Waals surface area contributed by atoms with Gasteiger partial charge in [-0.15, -0.1) is 0 Å². The van der Waals surface area contributed by atoms with Crippen LogP contribution < -0.4 is 0 Å². The Morgan fingerprint density at radius 2 is 2.00 bits per heavy atom. The van der Waals surface area contributed by atoms with Crippen molar-refractivity contribution in [1.29, 1.82) is 0 Å². The molecule has 2 aliphatic heterocycles. The molecular formula is C25H27N3O2. The molecule has 30 heavy (non-hydrogen) atoms. The molecule has 5 nitrogen and oxygen atoms in total. The molecule has 2 aliphatic rings. The van der Waals surface area contributed by atoms with Gasteiger partial charge in [0.05, 0.1) is 5.92 Å². The van der Waals surface area contributed by atoms with Crippen LogP contribution in [0.25, 0.3) is 10.9 Å². The zero-order valence-corrected chi connectivity index (χ0v) is 17.4. The Bertz CT molecular complexity index is 1120. The van der Waals surface area contributed by atoms with E-state index < -0.39 is 0 Å². The van der Waals surface area contributed by atoms with Crippen LogP contribution in [0.5, 0.6) is 0 Å². The van der Waals surface area contributed by atoms with Crippen LogP contribution >= 0.6 is 0 Å². The number of hydrogen-bond acceptors (Lipinski definition) is 2. The molecule has 0 radical (unpaired) electrons. The fourth-order valence-corrected chi connectivity index (χ4v) is 4.85. The van der Waals surface area contributed by atoms with Crippen molar-refractivity contribution in [1.82, 2.24) is 14.8 Å². The van der Waals surface area contributed by atoms with Crippen LogP contribution in [0.4, 0.5) is 0 Å². The molecule has 2 amide bonds. The summed E-state index contributed by atoms with van der Waals surface area (Å²) in [6.45, 7) is 4.70. The molecule has 0 spiro atoms. The van der Waals surface area contributed by atoms with Crippen LogP contribution in [0, 0.1) is 12.8 Å². The van der Waals surface area contributed by atoms with E-state index in [0.29, 0.717) is 26.1 Å². The summed E-state index contributed by atoms with van der Waals surface area (Å²) in [6, 6.07) is 14.7. The number of aryl methyl sites for hydroxylation is 1. The highest BCUT2D eigenvalue weighted by molar-refractivity contribution is 5.89. The second kappa shape index (κ2) is 7.63. The third kappa shape index (κ3) is 3.49. The zero-order chi connectivity index (χ0) is 20.7. The predicted octanol–water partition coefficient (Wildman–Crippen LogP) is 3.45. The minimum absolute atomic E-state index is 0.0989. The minimum Gasteiger partial charge on any atom is -0.361 e. The van der Waals surface area contributed by atoms with E-state index in [0.717, 1.165) is 24.9 Å². The third-order valence-corrected chi connectivity index (χ3v) is 6.58. The molecule has 154 valence electrons. The molecule has 3 aromatic rings. The maximum atomic E-state index is 13.1. The number of H-pyrrole nitrogens is 1. The van der Waals surface area contributed by atoms with Gasteiger partial charge in [0, 0.05) is 49.7 Å². The van der Waals surface area contributed by atoms with Gasteiger partial charge in [0.15, 0.2) is 0 Å². The quantitative estimate of drug-likeness (QED) is 0.728. The summed E-state index contributed by atoms with van der Waals surface area (Å²) in [5.74, 6) is 0.0119. The lowest BCUT2D eigenvalue weighted by molar-refractivity contribution is -0.136. The average molecular weight is 402 g/mol. The molecule has 1 N–H and O–H groups in total. The van der Waals surface area contributed by atoms with Crippen molar-refractivity contribution in [3.63, 3.8) is 0 Å². The Hall–Kier alpha value is -3.08. The van der Waals surface area contributed by atoms with Crippen LogP contribution in [0.15, 0.2) is 48.7 Å². The van der Waals surface area contributed by atoms with Crippen molar-refractivity contribution in [3.8, 4) is 0 Å². The third-order valence-electron chi connectivity index (χ3n) is 6.58. The second-order valence-corrected chi connectivity index (χ2v) is 8.63. The summed E-state index contributed by atoms with van der Waals surface area (Å²) in [5.41, 5.74) is 6.15. The van der Waals surface area contributed by atoms with E-state index in [1.807, 2.05) is 22.1 Å². The molecule has 1 atom stereocenters. The van der Waals surface area contributed by atoms with E-state index >= 15 is 0 Å². The molecule has 5 rings (SSSR count). The fraction of sp³-hybridized carbons (Fsp3) is 0.360. The summed E-state index contributed by atoms with van der Waals surface area (Å²) in [6.07, 6.45) is 4.07. The molecule has 5 heteroatoms. The highest BCUT2D eigenvalue weighted by Crippen LogP contribution is 2.26. The van der Waals surface area contributed by atoms with Crippen LogP contribution in [0.2, 0.25) is 0 Å². The normalized spacial score (nSPS) is 18.8. The van der Waals surface area contributed by atoms with Crippen LogP contribution in [-0.2, 0) is 29.0 Å². The van der Waals surface area contributed by atoms with Crippen molar-refractivity contribution >= 4 is 22.7 Å². The molecule has 0 unspecified atom stereocenters.